The van der Waals surface area contributed by atoms with Gasteiger partial charge in [-0.3, -0.25) is 10.1 Å². The maximum absolute atomic E-state index is 12.3. The van der Waals surface area contributed by atoms with Gasteiger partial charge in [0, 0.05) is 6.20 Å². The Hall–Kier alpha value is -1.44. The van der Waals surface area contributed by atoms with E-state index in [0.717, 1.165) is 5.56 Å². The standard InChI is InChI=1S/C13H11BrClN3O2S/c1-8-2-4-9(5-3-8)21(19,20)18-13-11(12(14)16)10(15)6-7-17-13/h2-7,16H,1H3,(H,17,18). The van der Waals surface area contributed by atoms with Crippen LogP contribution in [0.1, 0.15) is 11.1 Å². The summed E-state index contributed by atoms with van der Waals surface area (Å²) in [5.74, 6) is 0.00458. The molecule has 0 saturated carbocycles. The number of anilines is 1. The van der Waals surface area contributed by atoms with E-state index < -0.39 is 10.0 Å². The van der Waals surface area contributed by atoms with Gasteiger partial charge in [0.1, 0.15) is 4.62 Å². The highest BCUT2D eigenvalue weighted by molar-refractivity contribution is 9.18. The zero-order valence-corrected chi connectivity index (χ0v) is 14.1. The molecule has 2 N–H and O–H groups in total. The molecule has 0 bridgehead atoms. The molecule has 1 aromatic carbocycles. The van der Waals surface area contributed by atoms with Gasteiger partial charge in [-0.1, -0.05) is 29.3 Å². The summed E-state index contributed by atoms with van der Waals surface area (Å²) < 4.78 is 26.9. The number of nitrogens with zero attached hydrogens (tertiary/aromatic N) is 1. The van der Waals surface area contributed by atoms with E-state index in [4.69, 9.17) is 17.0 Å². The van der Waals surface area contributed by atoms with Crippen molar-refractivity contribution >= 4 is 48.0 Å². The van der Waals surface area contributed by atoms with Gasteiger partial charge in [-0.15, -0.1) is 0 Å². The van der Waals surface area contributed by atoms with Crippen molar-refractivity contribution < 1.29 is 8.42 Å². The van der Waals surface area contributed by atoms with E-state index in [2.05, 4.69) is 25.6 Å². The van der Waals surface area contributed by atoms with Crippen molar-refractivity contribution in [3.63, 3.8) is 0 Å². The number of hydrogen-bond donors (Lipinski definition) is 2. The first kappa shape index (κ1) is 15.9. The van der Waals surface area contributed by atoms with Gasteiger partial charge in [-0.2, -0.15) is 0 Å². The number of pyridine rings is 1. The normalized spacial score (nSPS) is 11.2. The fourth-order valence-electron chi connectivity index (χ4n) is 1.63. The van der Waals surface area contributed by atoms with Crippen LogP contribution in [0.25, 0.3) is 0 Å². The number of aromatic nitrogens is 1. The van der Waals surface area contributed by atoms with Gasteiger partial charge in [0.05, 0.1) is 15.5 Å². The average molecular weight is 389 g/mol. The van der Waals surface area contributed by atoms with Crippen LogP contribution in [-0.4, -0.2) is 18.0 Å². The number of rotatable bonds is 4. The first-order valence-electron chi connectivity index (χ1n) is 5.79. The number of benzene rings is 1. The number of aryl methyl sites for hydroxylation is 1. The van der Waals surface area contributed by atoms with Crippen LogP contribution in [0.5, 0.6) is 0 Å². The van der Waals surface area contributed by atoms with Crippen LogP contribution in [0.3, 0.4) is 0 Å². The first-order valence-corrected chi connectivity index (χ1v) is 8.45. The van der Waals surface area contributed by atoms with Gasteiger partial charge in [0.15, 0.2) is 5.82 Å². The second-order valence-electron chi connectivity index (χ2n) is 4.25. The summed E-state index contributed by atoms with van der Waals surface area (Å²) in [4.78, 5) is 4.06. The van der Waals surface area contributed by atoms with Crippen LogP contribution in [-0.2, 0) is 10.0 Å². The molecule has 21 heavy (non-hydrogen) atoms. The summed E-state index contributed by atoms with van der Waals surface area (Å²) in [5.41, 5.74) is 1.15. The molecule has 8 heteroatoms. The Labute approximate surface area is 136 Å². The van der Waals surface area contributed by atoms with E-state index in [1.54, 1.807) is 12.1 Å². The molecule has 0 aliphatic carbocycles. The number of nitrogens with one attached hydrogen (secondary N) is 2. The van der Waals surface area contributed by atoms with Crippen LogP contribution in [0.2, 0.25) is 5.02 Å². The molecule has 5 nitrogen and oxygen atoms in total. The van der Waals surface area contributed by atoms with E-state index in [1.807, 2.05) is 6.92 Å². The molecule has 0 radical (unpaired) electrons. The van der Waals surface area contributed by atoms with Crippen molar-refractivity contribution in [3.05, 3.63) is 52.7 Å². The highest BCUT2D eigenvalue weighted by atomic mass is 79.9. The van der Waals surface area contributed by atoms with Gasteiger partial charge < -0.3 is 0 Å². The predicted molar refractivity (Wildman–Crippen MR) is 87.0 cm³/mol. The Morgan fingerprint density at radius 2 is 1.90 bits per heavy atom. The quantitative estimate of drug-likeness (QED) is 0.786. The Kier molecular flexibility index (Phi) is 4.65. The van der Waals surface area contributed by atoms with Crippen molar-refractivity contribution in [2.75, 3.05) is 4.72 Å². The monoisotopic (exact) mass is 387 g/mol. The molecule has 1 heterocycles. The molecule has 2 aromatic rings. The summed E-state index contributed by atoms with van der Waals surface area (Å²) in [6.07, 6.45) is 1.37. The lowest BCUT2D eigenvalue weighted by atomic mass is 10.2. The highest BCUT2D eigenvalue weighted by Crippen LogP contribution is 2.26. The van der Waals surface area contributed by atoms with Crippen molar-refractivity contribution in [2.45, 2.75) is 11.8 Å². The second kappa shape index (κ2) is 6.13. The van der Waals surface area contributed by atoms with Crippen LogP contribution in [0.4, 0.5) is 5.82 Å². The molecular weight excluding hydrogens is 378 g/mol. The zero-order valence-electron chi connectivity index (χ0n) is 10.9. The smallest absolute Gasteiger partial charge is 0.263 e. The molecule has 2 rings (SSSR count). The van der Waals surface area contributed by atoms with E-state index in [1.165, 1.54) is 24.4 Å². The van der Waals surface area contributed by atoms with Gasteiger partial charge >= 0.3 is 0 Å². The summed E-state index contributed by atoms with van der Waals surface area (Å²) in [6.45, 7) is 1.87. The molecule has 1 aromatic heterocycles. The lowest BCUT2D eigenvalue weighted by Crippen LogP contribution is -2.16. The molecule has 0 fully saturated rings. The molecule has 0 atom stereocenters. The van der Waals surface area contributed by atoms with Crippen LogP contribution in [0, 0.1) is 12.3 Å². The minimum atomic E-state index is -3.79. The number of sulfonamides is 1. The van der Waals surface area contributed by atoms with Gasteiger partial charge in [0.2, 0.25) is 0 Å². The Morgan fingerprint density at radius 3 is 2.48 bits per heavy atom. The van der Waals surface area contributed by atoms with E-state index in [0.29, 0.717) is 0 Å². The van der Waals surface area contributed by atoms with Crippen molar-refractivity contribution in [3.8, 4) is 0 Å². The third-order valence-corrected chi connectivity index (χ3v) is 4.75. The summed E-state index contributed by atoms with van der Waals surface area (Å²) in [5, 5.41) is 7.85. The predicted octanol–water partition coefficient (Wildman–Crippen LogP) is 3.56. The first-order chi connectivity index (χ1) is 9.81. The summed E-state index contributed by atoms with van der Waals surface area (Å²) in [7, 11) is -3.79. The Bertz CT molecular complexity index is 792. The van der Waals surface area contributed by atoms with Crippen LogP contribution in [0.15, 0.2) is 41.4 Å². The summed E-state index contributed by atoms with van der Waals surface area (Å²) in [6, 6.07) is 7.89. The van der Waals surface area contributed by atoms with Crippen molar-refractivity contribution in [1.29, 1.82) is 5.41 Å². The number of halogens is 2. The van der Waals surface area contributed by atoms with Gasteiger partial charge in [-0.25, -0.2) is 13.4 Å². The van der Waals surface area contributed by atoms with Crippen molar-refractivity contribution in [1.82, 2.24) is 4.98 Å². The zero-order chi connectivity index (χ0) is 15.6. The largest absolute Gasteiger partial charge is 0.293 e. The lowest BCUT2D eigenvalue weighted by molar-refractivity contribution is 0.601. The molecule has 0 aliphatic heterocycles. The van der Waals surface area contributed by atoms with Crippen LogP contribution >= 0.6 is 27.5 Å². The second-order valence-corrected chi connectivity index (χ2v) is 7.13. The number of hydrogen-bond acceptors (Lipinski definition) is 4. The van der Waals surface area contributed by atoms with E-state index in [9.17, 15) is 8.42 Å². The Balaban J connectivity index is 2.44. The Morgan fingerprint density at radius 1 is 1.29 bits per heavy atom. The maximum atomic E-state index is 12.3. The molecule has 0 aliphatic rings. The molecule has 0 amide bonds. The topological polar surface area (TPSA) is 82.9 Å². The minimum absolute atomic E-state index is 0.00458. The van der Waals surface area contributed by atoms with Gasteiger partial charge in [-0.05, 0) is 41.1 Å². The SMILES string of the molecule is Cc1ccc(S(=O)(=O)Nc2nccc(Cl)c2C(=N)Br)cc1. The minimum Gasteiger partial charge on any atom is -0.293 e. The fourth-order valence-corrected chi connectivity index (χ4v) is 3.41. The highest BCUT2D eigenvalue weighted by Gasteiger charge is 2.19. The van der Waals surface area contributed by atoms with E-state index >= 15 is 0 Å². The molecule has 0 spiro atoms. The lowest BCUT2D eigenvalue weighted by Gasteiger charge is -2.11. The molecule has 0 saturated heterocycles. The average Bonchev–Trinajstić information content (AvgIpc) is 2.38. The fraction of sp³-hybridized carbons (Fsp3) is 0.0769. The third kappa shape index (κ3) is 3.61. The van der Waals surface area contributed by atoms with Crippen LogP contribution < -0.4 is 4.72 Å². The maximum Gasteiger partial charge on any atom is 0.263 e. The van der Waals surface area contributed by atoms with Gasteiger partial charge in [0.25, 0.3) is 10.0 Å². The summed E-state index contributed by atoms with van der Waals surface area (Å²) >= 11 is 8.96. The van der Waals surface area contributed by atoms with E-state index in [-0.39, 0.29) is 25.9 Å². The van der Waals surface area contributed by atoms with Crippen molar-refractivity contribution in [2.24, 2.45) is 0 Å². The molecule has 110 valence electrons. The third-order valence-electron chi connectivity index (χ3n) is 2.68. The molecular formula is C13H11BrClN3O2S. The molecule has 0 unspecified atom stereocenters.